The van der Waals surface area contributed by atoms with Gasteiger partial charge in [0.15, 0.2) is 0 Å². The first-order chi connectivity index (χ1) is 7.69. The van der Waals surface area contributed by atoms with E-state index in [0.29, 0.717) is 11.1 Å². The van der Waals surface area contributed by atoms with Crippen LogP contribution < -0.4 is 5.32 Å². The molecule has 0 radical (unpaired) electrons. The molecule has 1 aliphatic heterocycles. The molecule has 1 heterocycles. The molecule has 1 aliphatic carbocycles. The van der Waals surface area contributed by atoms with Gasteiger partial charge in [0.05, 0.1) is 6.10 Å². The Balaban J connectivity index is 1.75. The second-order valence-corrected chi connectivity index (χ2v) is 5.07. The molecule has 0 amide bonds. The zero-order valence-corrected chi connectivity index (χ0v) is 9.12. The van der Waals surface area contributed by atoms with Gasteiger partial charge in [0.2, 0.25) is 0 Å². The molecule has 2 N–H and O–H groups in total. The van der Waals surface area contributed by atoms with Gasteiger partial charge in [0.25, 0.3) is 0 Å². The van der Waals surface area contributed by atoms with Crippen molar-refractivity contribution in [3.8, 4) is 0 Å². The Kier molecular flexibility index (Phi) is 2.26. The predicted molar refractivity (Wildman–Crippen MR) is 59.5 cm³/mol. The highest BCUT2D eigenvalue weighted by Gasteiger charge is 2.49. The van der Waals surface area contributed by atoms with Crippen molar-refractivity contribution >= 4 is 0 Å². The lowest BCUT2D eigenvalue weighted by molar-refractivity contribution is 0.134. The van der Waals surface area contributed by atoms with Crippen LogP contribution in [0.5, 0.6) is 0 Å². The summed E-state index contributed by atoms with van der Waals surface area (Å²) in [7, 11) is 0. The fourth-order valence-corrected chi connectivity index (χ4v) is 2.67. The molecule has 1 aromatic rings. The molecule has 0 aromatic heterocycles. The van der Waals surface area contributed by atoms with E-state index in [1.54, 1.807) is 12.1 Å². The Morgan fingerprint density at radius 1 is 1.38 bits per heavy atom. The average Bonchev–Trinajstić information content (AvgIpc) is 2.88. The summed E-state index contributed by atoms with van der Waals surface area (Å²) in [6, 6.07) is 6.35. The Labute approximate surface area is 94.5 Å². The summed E-state index contributed by atoms with van der Waals surface area (Å²) in [4.78, 5) is 0. The lowest BCUT2D eigenvalue weighted by atomic mass is 10.0. The molecule has 2 atom stereocenters. The molecule has 2 fully saturated rings. The molecule has 86 valence electrons. The Morgan fingerprint density at radius 3 is 2.81 bits per heavy atom. The van der Waals surface area contributed by atoms with Crippen molar-refractivity contribution in [1.82, 2.24) is 5.32 Å². The highest BCUT2D eigenvalue weighted by Crippen LogP contribution is 2.46. The van der Waals surface area contributed by atoms with Crippen molar-refractivity contribution in [3.63, 3.8) is 0 Å². The quantitative estimate of drug-likeness (QED) is 0.802. The van der Waals surface area contributed by atoms with Crippen molar-refractivity contribution in [2.75, 3.05) is 0 Å². The fourth-order valence-electron chi connectivity index (χ4n) is 2.67. The minimum atomic E-state index is -0.587. The summed E-state index contributed by atoms with van der Waals surface area (Å²) < 4.78 is 13.0. The zero-order chi connectivity index (χ0) is 11.2. The summed E-state index contributed by atoms with van der Waals surface area (Å²) in [5, 5.41) is 13.7. The number of benzene rings is 1. The molecular weight excluding hydrogens is 205 g/mol. The van der Waals surface area contributed by atoms with E-state index in [1.165, 1.54) is 25.0 Å². The van der Waals surface area contributed by atoms with Gasteiger partial charge < -0.3 is 10.4 Å². The third kappa shape index (κ3) is 1.74. The molecule has 16 heavy (non-hydrogen) atoms. The van der Waals surface area contributed by atoms with Gasteiger partial charge in [-0.2, -0.15) is 0 Å². The molecular formula is C13H16FNO. The Hall–Kier alpha value is -0.930. The lowest BCUT2D eigenvalue weighted by Gasteiger charge is -2.20. The molecule has 2 nitrogen and oxygen atoms in total. The summed E-state index contributed by atoms with van der Waals surface area (Å²) in [5.41, 5.74) is 0.995. The van der Waals surface area contributed by atoms with Crippen LogP contribution in [0.1, 0.15) is 37.4 Å². The third-order valence-corrected chi connectivity index (χ3v) is 3.85. The van der Waals surface area contributed by atoms with Crippen molar-refractivity contribution in [2.24, 2.45) is 0 Å². The van der Waals surface area contributed by atoms with Gasteiger partial charge >= 0.3 is 0 Å². The van der Waals surface area contributed by atoms with Crippen molar-refractivity contribution < 1.29 is 9.50 Å². The highest BCUT2D eigenvalue weighted by atomic mass is 19.1. The van der Waals surface area contributed by atoms with Crippen LogP contribution in [0.3, 0.4) is 0 Å². The Morgan fingerprint density at radius 2 is 2.19 bits per heavy atom. The molecule has 1 saturated heterocycles. The number of nitrogens with one attached hydrogen (secondary N) is 1. The van der Waals surface area contributed by atoms with E-state index in [9.17, 15) is 9.50 Å². The number of halogens is 1. The zero-order valence-electron chi connectivity index (χ0n) is 9.12. The maximum Gasteiger partial charge on any atom is 0.123 e. The second kappa shape index (κ2) is 3.54. The van der Waals surface area contributed by atoms with Crippen LogP contribution in [-0.2, 0) is 0 Å². The van der Waals surface area contributed by atoms with Crippen molar-refractivity contribution in [2.45, 2.75) is 43.4 Å². The van der Waals surface area contributed by atoms with Crippen molar-refractivity contribution in [3.05, 3.63) is 35.6 Å². The van der Waals surface area contributed by atoms with Crippen LogP contribution in [0.15, 0.2) is 24.3 Å². The molecule has 1 spiro atoms. The summed E-state index contributed by atoms with van der Waals surface area (Å²) in [6.07, 6.45) is 3.98. The summed E-state index contributed by atoms with van der Waals surface area (Å²) in [6.45, 7) is 0. The number of aliphatic hydroxyl groups is 1. The van der Waals surface area contributed by atoms with Gasteiger partial charge in [0, 0.05) is 11.6 Å². The third-order valence-electron chi connectivity index (χ3n) is 3.85. The maximum absolute atomic E-state index is 13.0. The SMILES string of the molecule is O[C@H](c1cccc(F)c1)[C@H]1CCC2(CC2)N1. The molecule has 1 aromatic carbocycles. The molecule has 3 rings (SSSR count). The van der Waals surface area contributed by atoms with Crippen LogP contribution in [-0.4, -0.2) is 16.7 Å². The molecule has 2 aliphatic rings. The van der Waals surface area contributed by atoms with Crippen molar-refractivity contribution in [1.29, 1.82) is 0 Å². The number of hydrogen-bond donors (Lipinski definition) is 2. The monoisotopic (exact) mass is 221 g/mol. The predicted octanol–water partition coefficient (Wildman–Crippen LogP) is 2.14. The van der Waals surface area contributed by atoms with Crippen LogP contribution in [0, 0.1) is 5.82 Å². The van der Waals surface area contributed by atoms with E-state index in [4.69, 9.17) is 0 Å². The van der Waals surface area contributed by atoms with E-state index in [-0.39, 0.29) is 11.9 Å². The minimum absolute atomic E-state index is 0.0873. The van der Waals surface area contributed by atoms with Gasteiger partial charge in [-0.25, -0.2) is 4.39 Å². The molecule has 1 saturated carbocycles. The maximum atomic E-state index is 13.0. The van der Waals surface area contributed by atoms with E-state index < -0.39 is 6.10 Å². The van der Waals surface area contributed by atoms with Gasteiger partial charge in [-0.05, 0) is 43.4 Å². The van der Waals surface area contributed by atoms with Gasteiger partial charge in [-0.15, -0.1) is 0 Å². The molecule has 0 bridgehead atoms. The number of aliphatic hydroxyl groups excluding tert-OH is 1. The summed E-state index contributed by atoms with van der Waals surface area (Å²) in [5.74, 6) is -0.282. The van der Waals surface area contributed by atoms with Gasteiger partial charge in [-0.1, -0.05) is 12.1 Å². The van der Waals surface area contributed by atoms with E-state index in [1.807, 2.05) is 0 Å². The average molecular weight is 221 g/mol. The van der Waals surface area contributed by atoms with Crippen LogP contribution in [0.2, 0.25) is 0 Å². The normalized spacial score (nSPS) is 28.2. The van der Waals surface area contributed by atoms with Crippen LogP contribution >= 0.6 is 0 Å². The van der Waals surface area contributed by atoms with E-state index in [2.05, 4.69) is 5.32 Å². The summed E-state index contributed by atoms with van der Waals surface area (Å²) >= 11 is 0. The first kappa shape index (κ1) is 10.2. The van der Waals surface area contributed by atoms with E-state index in [0.717, 1.165) is 12.8 Å². The van der Waals surface area contributed by atoms with Crippen LogP contribution in [0.25, 0.3) is 0 Å². The smallest absolute Gasteiger partial charge is 0.123 e. The number of hydrogen-bond acceptors (Lipinski definition) is 2. The topological polar surface area (TPSA) is 32.3 Å². The largest absolute Gasteiger partial charge is 0.387 e. The van der Waals surface area contributed by atoms with E-state index >= 15 is 0 Å². The molecule has 3 heteroatoms. The Bertz CT molecular complexity index is 403. The molecule has 0 unspecified atom stereocenters. The number of rotatable bonds is 2. The highest BCUT2D eigenvalue weighted by molar-refractivity contribution is 5.22. The first-order valence-electron chi connectivity index (χ1n) is 5.90. The van der Waals surface area contributed by atoms with Gasteiger partial charge in [0.1, 0.15) is 5.82 Å². The van der Waals surface area contributed by atoms with Gasteiger partial charge in [-0.3, -0.25) is 0 Å². The first-order valence-corrected chi connectivity index (χ1v) is 5.90. The minimum Gasteiger partial charge on any atom is -0.387 e. The van der Waals surface area contributed by atoms with Crippen LogP contribution in [0.4, 0.5) is 4.39 Å². The standard InChI is InChI=1S/C13H16FNO/c14-10-3-1-2-9(8-10)12(16)11-4-5-13(15-11)6-7-13/h1-3,8,11-12,15-16H,4-7H2/t11-,12-/m1/s1. The second-order valence-electron chi connectivity index (χ2n) is 5.07. The lowest BCUT2D eigenvalue weighted by Crippen LogP contribution is -2.35. The fraction of sp³-hybridized carbons (Fsp3) is 0.538.